The van der Waals surface area contributed by atoms with E-state index in [1.165, 1.54) is 13.8 Å². The lowest BCUT2D eigenvalue weighted by Gasteiger charge is -2.25. The minimum atomic E-state index is -3.46. The van der Waals surface area contributed by atoms with Gasteiger partial charge in [0.25, 0.3) is 0 Å². The highest BCUT2D eigenvalue weighted by atomic mass is 32.2. The molecule has 0 spiro atoms. The van der Waals surface area contributed by atoms with Crippen molar-refractivity contribution in [2.24, 2.45) is 5.73 Å². The normalized spacial score (nSPS) is 14.1. The van der Waals surface area contributed by atoms with Gasteiger partial charge in [-0.05, 0) is 20.3 Å². The van der Waals surface area contributed by atoms with Crippen LogP contribution in [0.1, 0.15) is 33.6 Å². The smallest absolute Gasteiger partial charge is 0.241 e. The summed E-state index contributed by atoms with van der Waals surface area (Å²) in [6.07, 6.45) is 2.06. The first kappa shape index (κ1) is 16.3. The van der Waals surface area contributed by atoms with Crippen molar-refractivity contribution in [1.82, 2.24) is 5.32 Å². The maximum absolute atomic E-state index is 11.9. The Balaban J connectivity index is 4.79. The Morgan fingerprint density at radius 2 is 1.94 bits per heavy atom. The average molecular weight is 280 g/mol. The third-order valence-corrected chi connectivity index (χ3v) is 4.96. The number of nitrogens with one attached hydrogen (secondary N) is 1. The molecule has 0 aliphatic carbocycles. The molecule has 1 unspecified atom stereocenters. The predicted octanol–water partition coefficient (Wildman–Crippen LogP) is 0.381. The average Bonchev–Trinajstić information content (AvgIpc) is 2.13. The zero-order chi connectivity index (χ0) is 13.9. The molecule has 0 fully saturated rings. The number of carbonyl (C=O) groups is 1. The molecule has 0 aliphatic heterocycles. The Hall–Kier alpha value is -0.690. The standard InChI is InChI=1S/C10H20N2O3S2/c1-5-7(6-8(11)16)12-9(13)10(2,3)17(4,14)15/h7H,5-6H2,1-4H3,(H2,11,16)(H,12,13). The van der Waals surface area contributed by atoms with Crippen LogP contribution in [-0.2, 0) is 14.6 Å². The van der Waals surface area contributed by atoms with E-state index < -0.39 is 20.5 Å². The minimum absolute atomic E-state index is 0.221. The highest BCUT2D eigenvalue weighted by Gasteiger charge is 2.39. The molecular weight excluding hydrogens is 260 g/mol. The van der Waals surface area contributed by atoms with E-state index in [2.05, 4.69) is 5.32 Å². The van der Waals surface area contributed by atoms with E-state index in [0.717, 1.165) is 6.26 Å². The first-order valence-electron chi connectivity index (χ1n) is 5.31. The van der Waals surface area contributed by atoms with Gasteiger partial charge in [0.2, 0.25) is 5.91 Å². The van der Waals surface area contributed by atoms with Crippen LogP contribution in [-0.4, -0.2) is 36.4 Å². The maximum Gasteiger partial charge on any atom is 0.241 e. The zero-order valence-corrected chi connectivity index (χ0v) is 12.2. The third kappa shape index (κ3) is 4.59. The molecule has 1 amide bonds. The summed E-state index contributed by atoms with van der Waals surface area (Å²) in [5.41, 5.74) is 5.40. The molecule has 7 heteroatoms. The molecule has 0 aromatic rings. The fourth-order valence-electron chi connectivity index (χ4n) is 1.07. The molecule has 0 saturated heterocycles. The quantitative estimate of drug-likeness (QED) is 0.687. The molecule has 0 aromatic carbocycles. The molecule has 0 radical (unpaired) electrons. The van der Waals surface area contributed by atoms with Crippen molar-refractivity contribution in [2.45, 2.75) is 44.4 Å². The second kappa shape index (κ2) is 5.77. The molecule has 0 heterocycles. The number of thiocarbonyl (C=S) groups is 1. The van der Waals surface area contributed by atoms with Crippen molar-refractivity contribution in [2.75, 3.05) is 6.26 Å². The van der Waals surface area contributed by atoms with Crippen molar-refractivity contribution >= 4 is 33.0 Å². The van der Waals surface area contributed by atoms with Crippen LogP contribution in [0.4, 0.5) is 0 Å². The molecule has 0 bridgehead atoms. The molecular formula is C10H20N2O3S2. The van der Waals surface area contributed by atoms with Gasteiger partial charge in [-0.1, -0.05) is 19.1 Å². The molecule has 100 valence electrons. The van der Waals surface area contributed by atoms with Crippen molar-refractivity contribution in [3.05, 3.63) is 0 Å². The summed E-state index contributed by atoms with van der Waals surface area (Å²) in [6.45, 7) is 4.63. The molecule has 0 aromatic heterocycles. The first-order chi connectivity index (χ1) is 7.52. The minimum Gasteiger partial charge on any atom is -0.393 e. The largest absolute Gasteiger partial charge is 0.393 e. The number of hydrogen-bond donors (Lipinski definition) is 2. The topological polar surface area (TPSA) is 89.3 Å². The Morgan fingerprint density at radius 1 is 1.47 bits per heavy atom. The lowest BCUT2D eigenvalue weighted by molar-refractivity contribution is -0.123. The van der Waals surface area contributed by atoms with E-state index in [1.54, 1.807) is 0 Å². The molecule has 3 N–H and O–H groups in total. The van der Waals surface area contributed by atoms with E-state index in [9.17, 15) is 13.2 Å². The van der Waals surface area contributed by atoms with Gasteiger partial charge >= 0.3 is 0 Å². The Kier molecular flexibility index (Phi) is 5.54. The van der Waals surface area contributed by atoms with Gasteiger partial charge < -0.3 is 11.1 Å². The summed E-state index contributed by atoms with van der Waals surface area (Å²) in [4.78, 5) is 12.2. The summed E-state index contributed by atoms with van der Waals surface area (Å²) >= 11 is 4.77. The van der Waals surface area contributed by atoms with Crippen LogP contribution >= 0.6 is 12.2 Å². The number of sulfone groups is 1. The van der Waals surface area contributed by atoms with Gasteiger partial charge in [0.1, 0.15) is 4.75 Å². The Labute approximate surface area is 108 Å². The first-order valence-corrected chi connectivity index (χ1v) is 7.61. The van der Waals surface area contributed by atoms with E-state index in [0.29, 0.717) is 17.8 Å². The van der Waals surface area contributed by atoms with Crippen LogP contribution in [0.25, 0.3) is 0 Å². The van der Waals surface area contributed by atoms with Crippen LogP contribution in [0, 0.1) is 0 Å². The van der Waals surface area contributed by atoms with E-state index in [-0.39, 0.29) is 6.04 Å². The second-order valence-electron chi connectivity index (χ2n) is 4.53. The maximum atomic E-state index is 11.9. The lowest BCUT2D eigenvalue weighted by Crippen LogP contribution is -2.51. The van der Waals surface area contributed by atoms with Gasteiger partial charge in [0.15, 0.2) is 9.84 Å². The Morgan fingerprint density at radius 3 is 2.24 bits per heavy atom. The number of amides is 1. The van der Waals surface area contributed by atoms with Crippen LogP contribution in [0.3, 0.4) is 0 Å². The summed E-state index contributed by atoms with van der Waals surface area (Å²) in [5.74, 6) is -0.525. The molecule has 0 saturated carbocycles. The van der Waals surface area contributed by atoms with Gasteiger partial charge in [-0.3, -0.25) is 4.79 Å². The lowest BCUT2D eigenvalue weighted by atomic mass is 10.1. The highest BCUT2D eigenvalue weighted by Crippen LogP contribution is 2.16. The second-order valence-corrected chi connectivity index (χ2v) is 7.62. The van der Waals surface area contributed by atoms with Gasteiger partial charge in [0.05, 0.1) is 4.99 Å². The number of rotatable bonds is 6. The Bertz CT molecular complexity index is 402. The van der Waals surface area contributed by atoms with Crippen LogP contribution < -0.4 is 11.1 Å². The summed E-state index contributed by atoms with van der Waals surface area (Å²) in [6, 6.07) is -0.221. The van der Waals surface area contributed by atoms with Crippen molar-refractivity contribution in [1.29, 1.82) is 0 Å². The molecule has 5 nitrogen and oxygen atoms in total. The SMILES string of the molecule is CCC(CC(N)=S)NC(=O)C(C)(C)S(C)(=O)=O. The fourth-order valence-corrected chi connectivity index (χ4v) is 1.66. The van der Waals surface area contributed by atoms with Gasteiger partial charge in [-0.15, -0.1) is 0 Å². The summed E-state index contributed by atoms with van der Waals surface area (Å²) in [5, 5.41) is 2.66. The third-order valence-electron chi connectivity index (χ3n) is 2.75. The monoisotopic (exact) mass is 280 g/mol. The number of carbonyl (C=O) groups excluding carboxylic acids is 1. The molecule has 1 atom stereocenters. The van der Waals surface area contributed by atoms with Crippen molar-refractivity contribution < 1.29 is 13.2 Å². The van der Waals surface area contributed by atoms with Crippen LogP contribution in [0.2, 0.25) is 0 Å². The van der Waals surface area contributed by atoms with E-state index >= 15 is 0 Å². The van der Waals surface area contributed by atoms with Crippen molar-refractivity contribution in [3.8, 4) is 0 Å². The van der Waals surface area contributed by atoms with Gasteiger partial charge in [0, 0.05) is 18.7 Å². The van der Waals surface area contributed by atoms with Gasteiger partial charge in [-0.25, -0.2) is 8.42 Å². The summed E-state index contributed by atoms with van der Waals surface area (Å²) < 4.78 is 21.5. The fraction of sp³-hybridized carbons (Fsp3) is 0.800. The summed E-state index contributed by atoms with van der Waals surface area (Å²) in [7, 11) is -3.46. The van der Waals surface area contributed by atoms with Crippen LogP contribution in [0.15, 0.2) is 0 Å². The molecule has 0 aliphatic rings. The van der Waals surface area contributed by atoms with E-state index in [1.807, 2.05) is 6.92 Å². The zero-order valence-electron chi connectivity index (χ0n) is 10.6. The van der Waals surface area contributed by atoms with E-state index in [4.69, 9.17) is 18.0 Å². The van der Waals surface area contributed by atoms with Crippen molar-refractivity contribution in [3.63, 3.8) is 0 Å². The molecule has 0 rings (SSSR count). The van der Waals surface area contributed by atoms with Gasteiger partial charge in [-0.2, -0.15) is 0 Å². The number of hydrogen-bond acceptors (Lipinski definition) is 4. The highest BCUT2D eigenvalue weighted by molar-refractivity contribution is 7.92. The number of nitrogens with two attached hydrogens (primary N) is 1. The molecule has 17 heavy (non-hydrogen) atoms. The van der Waals surface area contributed by atoms with Crippen LogP contribution in [0.5, 0.6) is 0 Å². The predicted molar refractivity (Wildman–Crippen MR) is 72.5 cm³/mol.